The molecule has 0 spiro atoms. The SMILES string of the molecule is COC(=O)c1c(NC(=O)/C=C\C(=O)O)sc(C)c1-c1ccc(C)c(C)c1. The second-order valence-corrected chi connectivity index (χ2v) is 6.91. The highest BCUT2D eigenvalue weighted by Gasteiger charge is 2.25. The maximum absolute atomic E-state index is 12.4. The number of carboxylic acid groups (broad SMARTS) is 1. The summed E-state index contributed by atoms with van der Waals surface area (Å²) < 4.78 is 4.89. The van der Waals surface area contributed by atoms with E-state index in [1.807, 2.05) is 39.0 Å². The van der Waals surface area contributed by atoms with Crippen LogP contribution in [0.5, 0.6) is 0 Å². The quantitative estimate of drug-likeness (QED) is 0.616. The molecule has 0 aliphatic carbocycles. The lowest BCUT2D eigenvalue weighted by atomic mass is 9.97. The molecule has 0 unspecified atom stereocenters. The predicted molar refractivity (Wildman–Crippen MR) is 101 cm³/mol. The molecule has 0 aliphatic rings. The largest absolute Gasteiger partial charge is 0.478 e. The maximum Gasteiger partial charge on any atom is 0.341 e. The topological polar surface area (TPSA) is 92.7 Å². The van der Waals surface area contributed by atoms with Crippen LogP contribution in [-0.4, -0.2) is 30.1 Å². The minimum absolute atomic E-state index is 0.260. The number of aliphatic carboxylic acids is 1. The van der Waals surface area contributed by atoms with Gasteiger partial charge in [-0.25, -0.2) is 9.59 Å². The summed E-state index contributed by atoms with van der Waals surface area (Å²) in [5.41, 5.74) is 4.02. The molecule has 2 aromatic rings. The van der Waals surface area contributed by atoms with E-state index in [1.54, 1.807) is 0 Å². The zero-order valence-corrected chi connectivity index (χ0v) is 15.7. The Hall–Kier alpha value is -2.93. The number of anilines is 1. The highest BCUT2D eigenvalue weighted by molar-refractivity contribution is 7.17. The molecule has 0 fully saturated rings. The normalized spacial score (nSPS) is 10.8. The lowest BCUT2D eigenvalue weighted by Crippen LogP contribution is -2.12. The van der Waals surface area contributed by atoms with Crippen molar-refractivity contribution >= 4 is 34.2 Å². The Kier molecular flexibility index (Phi) is 5.94. The van der Waals surface area contributed by atoms with Crippen LogP contribution in [-0.2, 0) is 14.3 Å². The van der Waals surface area contributed by atoms with Gasteiger partial charge < -0.3 is 15.2 Å². The van der Waals surface area contributed by atoms with Crippen molar-refractivity contribution in [1.82, 2.24) is 0 Å². The number of rotatable bonds is 5. The maximum atomic E-state index is 12.4. The minimum Gasteiger partial charge on any atom is -0.478 e. The number of ether oxygens (including phenoxy) is 1. The number of amides is 1. The first-order valence-corrected chi connectivity index (χ1v) is 8.57. The molecule has 2 N–H and O–H groups in total. The molecule has 0 aliphatic heterocycles. The number of esters is 1. The van der Waals surface area contributed by atoms with Crippen molar-refractivity contribution in [3.63, 3.8) is 0 Å². The van der Waals surface area contributed by atoms with E-state index in [9.17, 15) is 14.4 Å². The molecule has 6 nitrogen and oxygen atoms in total. The van der Waals surface area contributed by atoms with E-state index in [1.165, 1.54) is 18.4 Å². The van der Waals surface area contributed by atoms with Gasteiger partial charge in [-0.3, -0.25) is 4.79 Å². The molecule has 0 saturated carbocycles. The minimum atomic E-state index is -1.23. The third-order valence-corrected chi connectivity index (χ3v) is 4.90. The Morgan fingerprint density at radius 2 is 1.81 bits per heavy atom. The molecule has 0 radical (unpaired) electrons. The summed E-state index contributed by atoms with van der Waals surface area (Å²) in [5, 5.41) is 11.5. The molecule has 2 rings (SSSR count). The lowest BCUT2D eigenvalue weighted by Gasteiger charge is -2.09. The first-order chi connectivity index (χ1) is 12.2. The number of aryl methyl sites for hydroxylation is 3. The van der Waals surface area contributed by atoms with Crippen LogP contribution in [0.3, 0.4) is 0 Å². The van der Waals surface area contributed by atoms with Gasteiger partial charge in [-0.05, 0) is 37.5 Å². The number of methoxy groups -OCH3 is 1. The molecule has 136 valence electrons. The third kappa shape index (κ3) is 4.18. The summed E-state index contributed by atoms with van der Waals surface area (Å²) in [4.78, 5) is 35.7. The van der Waals surface area contributed by atoms with Gasteiger partial charge in [0.15, 0.2) is 0 Å². The number of benzene rings is 1. The fourth-order valence-electron chi connectivity index (χ4n) is 2.47. The van der Waals surface area contributed by atoms with E-state index in [-0.39, 0.29) is 5.56 Å². The number of carbonyl (C=O) groups excluding carboxylic acids is 2. The lowest BCUT2D eigenvalue weighted by molar-refractivity contribution is -0.131. The van der Waals surface area contributed by atoms with Gasteiger partial charge >= 0.3 is 11.9 Å². The van der Waals surface area contributed by atoms with E-state index >= 15 is 0 Å². The number of carboxylic acids is 1. The molecule has 0 saturated heterocycles. The predicted octanol–water partition coefficient (Wildman–Crippen LogP) is 3.71. The van der Waals surface area contributed by atoms with Crippen LogP contribution in [0, 0.1) is 20.8 Å². The summed E-state index contributed by atoms with van der Waals surface area (Å²) in [6.07, 6.45) is 1.63. The monoisotopic (exact) mass is 373 g/mol. The molecular weight excluding hydrogens is 354 g/mol. The number of nitrogens with one attached hydrogen (secondary N) is 1. The highest BCUT2D eigenvalue weighted by Crippen LogP contribution is 2.40. The Morgan fingerprint density at radius 1 is 1.12 bits per heavy atom. The Bertz CT molecular complexity index is 911. The molecule has 7 heteroatoms. The second kappa shape index (κ2) is 7.97. The summed E-state index contributed by atoms with van der Waals surface area (Å²) in [6.45, 7) is 5.84. The van der Waals surface area contributed by atoms with E-state index in [4.69, 9.17) is 9.84 Å². The smallest absolute Gasteiger partial charge is 0.341 e. The van der Waals surface area contributed by atoms with Crippen LogP contribution in [0.15, 0.2) is 30.4 Å². The van der Waals surface area contributed by atoms with E-state index in [0.29, 0.717) is 10.6 Å². The average Bonchev–Trinajstić information content (AvgIpc) is 2.90. The zero-order chi connectivity index (χ0) is 19.4. The summed E-state index contributed by atoms with van der Waals surface area (Å²) in [5.74, 6) is -2.43. The molecule has 1 amide bonds. The van der Waals surface area contributed by atoms with Crippen molar-refractivity contribution in [3.05, 3.63) is 51.9 Å². The van der Waals surface area contributed by atoms with Crippen molar-refractivity contribution in [1.29, 1.82) is 0 Å². The zero-order valence-electron chi connectivity index (χ0n) is 14.9. The van der Waals surface area contributed by atoms with Gasteiger partial charge in [-0.2, -0.15) is 0 Å². The molecule has 26 heavy (non-hydrogen) atoms. The molecule has 0 atom stereocenters. The molecule has 1 aromatic heterocycles. The van der Waals surface area contributed by atoms with Crippen molar-refractivity contribution < 1.29 is 24.2 Å². The van der Waals surface area contributed by atoms with Gasteiger partial charge in [0.25, 0.3) is 0 Å². The Labute approximate surface area is 155 Å². The molecule has 1 heterocycles. The van der Waals surface area contributed by atoms with Crippen molar-refractivity contribution in [2.45, 2.75) is 20.8 Å². The summed E-state index contributed by atoms with van der Waals surface area (Å²) in [7, 11) is 1.27. The first-order valence-electron chi connectivity index (χ1n) is 7.76. The fourth-order valence-corrected chi connectivity index (χ4v) is 3.54. The third-order valence-electron chi connectivity index (χ3n) is 3.88. The highest BCUT2D eigenvalue weighted by atomic mass is 32.1. The number of thiophene rings is 1. The fraction of sp³-hybridized carbons (Fsp3) is 0.211. The van der Waals surface area contributed by atoms with Crippen molar-refractivity contribution in [3.8, 4) is 11.1 Å². The van der Waals surface area contributed by atoms with Crippen LogP contribution in [0.4, 0.5) is 5.00 Å². The van der Waals surface area contributed by atoms with Gasteiger partial charge in [0.2, 0.25) is 5.91 Å². The van der Waals surface area contributed by atoms with Crippen LogP contribution in [0.1, 0.15) is 26.4 Å². The van der Waals surface area contributed by atoms with Crippen LogP contribution < -0.4 is 5.32 Å². The van der Waals surface area contributed by atoms with Crippen molar-refractivity contribution in [2.75, 3.05) is 12.4 Å². The van der Waals surface area contributed by atoms with E-state index < -0.39 is 17.8 Å². The standard InChI is InChI=1S/C19H19NO5S/c1-10-5-6-13(9-11(10)2)16-12(3)26-18(17(16)19(24)25-4)20-14(21)7-8-15(22)23/h5-9H,1-4H3,(H,20,21)(H,22,23)/b8-7-. The average molecular weight is 373 g/mol. The van der Waals surface area contributed by atoms with Gasteiger partial charge in [0.1, 0.15) is 10.6 Å². The van der Waals surface area contributed by atoms with Crippen molar-refractivity contribution in [2.24, 2.45) is 0 Å². The molecule has 0 bridgehead atoms. The van der Waals surface area contributed by atoms with Gasteiger partial charge in [0.05, 0.1) is 7.11 Å². The Balaban J connectivity index is 2.54. The number of carbonyl (C=O) groups is 3. The molecular formula is C19H19NO5S. The van der Waals surface area contributed by atoms with Crippen LogP contribution >= 0.6 is 11.3 Å². The van der Waals surface area contributed by atoms with Gasteiger partial charge in [-0.15, -0.1) is 11.3 Å². The van der Waals surface area contributed by atoms with Crippen LogP contribution in [0.2, 0.25) is 0 Å². The molecule has 1 aromatic carbocycles. The summed E-state index contributed by atoms with van der Waals surface area (Å²) >= 11 is 1.24. The number of hydrogen-bond donors (Lipinski definition) is 2. The Morgan fingerprint density at radius 3 is 2.38 bits per heavy atom. The van der Waals surface area contributed by atoms with Crippen LogP contribution in [0.25, 0.3) is 11.1 Å². The summed E-state index contributed by atoms with van der Waals surface area (Å²) in [6, 6.07) is 5.86. The van der Waals surface area contributed by atoms with Gasteiger partial charge in [0, 0.05) is 22.6 Å². The number of hydrogen-bond acceptors (Lipinski definition) is 5. The van der Waals surface area contributed by atoms with E-state index in [0.717, 1.165) is 33.7 Å². The van der Waals surface area contributed by atoms with E-state index in [2.05, 4.69) is 5.32 Å². The van der Waals surface area contributed by atoms with Gasteiger partial charge in [-0.1, -0.05) is 18.2 Å². The second-order valence-electron chi connectivity index (χ2n) is 5.69. The first kappa shape index (κ1) is 19.4.